The molecule has 3 aromatic rings. The first-order valence-electron chi connectivity index (χ1n) is 11.1. The molecule has 176 valence electrons. The highest BCUT2D eigenvalue weighted by Crippen LogP contribution is 2.34. The molecule has 1 aromatic heterocycles. The molecule has 0 spiro atoms. The number of aromatic nitrogens is 1. The molecule has 1 fully saturated rings. The quantitative estimate of drug-likeness (QED) is 0.244. The molecule has 1 amide bonds. The number of thiazole rings is 1. The van der Waals surface area contributed by atoms with Gasteiger partial charge in [-0.2, -0.15) is 0 Å². The SMILES string of the molecule is CSc1cccc2sc(N(CCN3CCOCC3)C(=O)CCCSc3ccc(Cl)cc3)nc12. The molecule has 0 atom stereocenters. The third kappa shape index (κ3) is 6.87. The molecule has 2 aromatic carbocycles. The zero-order valence-corrected chi connectivity index (χ0v) is 21.9. The first-order valence-corrected chi connectivity index (χ1v) is 14.5. The van der Waals surface area contributed by atoms with E-state index < -0.39 is 0 Å². The molecule has 0 saturated carbocycles. The van der Waals surface area contributed by atoms with E-state index in [2.05, 4.69) is 29.4 Å². The Kier molecular flexibility index (Phi) is 9.35. The van der Waals surface area contributed by atoms with E-state index in [0.717, 1.165) is 70.3 Å². The standard InChI is InChI=1S/C24H28ClN3O2S3/c1-31-20-4-2-5-21-23(20)26-24(33-21)28(12-11-27-13-15-30-16-14-27)22(29)6-3-17-32-19-9-7-18(25)8-10-19/h2,4-5,7-10H,3,6,11-17H2,1H3. The third-order valence-electron chi connectivity index (χ3n) is 5.48. The number of benzene rings is 2. The minimum Gasteiger partial charge on any atom is -0.379 e. The Hall–Kier alpha value is -1.29. The van der Waals surface area contributed by atoms with Gasteiger partial charge in [0.25, 0.3) is 0 Å². The number of carbonyl (C=O) groups excluding carboxylic acids is 1. The van der Waals surface area contributed by atoms with E-state index in [1.165, 1.54) is 4.90 Å². The number of para-hydroxylation sites is 1. The summed E-state index contributed by atoms with van der Waals surface area (Å²) in [7, 11) is 0. The van der Waals surface area contributed by atoms with Gasteiger partial charge in [-0.15, -0.1) is 23.5 Å². The average Bonchev–Trinajstić information content (AvgIpc) is 3.28. The van der Waals surface area contributed by atoms with Crippen molar-refractivity contribution in [3.8, 4) is 0 Å². The van der Waals surface area contributed by atoms with Crippen LogP contribution in [-0.2, 0) is 9.53 Å². The van der Waals surface area contributed by atoms with E-state index in [1.807, 2.05) is 29.2 Å². The minimum absolute atomic E-state index is 0.143. The number of halogens is 1. The lowest BCUT2D eigenvalue weighted by Crippen LogP contribution is -2.43. The minimum atomic E-state index is 0.143. The van der Waals surface area contributed by atoms with Crippen LogP contribution in [0.5, 0.6) is 0 Å². The largest absolute Gasteiger partial charge is 0.379 e. The molecule has 0 aliphatic carbocycles. The van der Waals surface area contributed by atoms with Crippen molar-refractivity contribution in [2.45, 2.75) is 22.6 Å². The summed E-state index contributed by atoms with van der Waals surface area (Å²) in [5.41, 5.74) is 0.993. The van der Waals surface area contributed by atoms with E-state index in [4.69, 9.17) is 21.3 Å². The molecule has 33 heavy (non-hydrogen) atoms. The molecule has 9 heteroatoms. The van der Waals surface area contributed by atoms with Crippen LogP contribution in [0.3, 0.4) is 0 Å². The number of hydrogen-bond acceptors (Lipinski definition) is 7. The monoisotopic (exact) mass is 521 g/mol. The number of morpholine rings is 1. The molecule has 4 rings (SSSR count). The van der Waals surface area contributed by atoms with Crippen molar-refractivity contribution in [1.82, 2.24) is 9.88 Å². The Morgan fingerprint density at radius 2 is 2.00 bits per heavy atom. The van der Waals surface area contributed by atoms with Gasteiger partial charge >= 0.3 is 0 Å². The van der Waals surface area contributed by atoms with Crippen LogP contribution in [0, 0.1) is 0 Å². The van der Waals surface area contributed by atoms with E-state index in [0.29, 0.717) is 13.0 Å². The lowest BCUT2D eigenvalue weighted by atomic mass is 10.3. The highest BCUT2D eigenvalue weighted by Gasteiger charge is 2.22. The van der Waals surface area contributed by atoms with E-state index in [-0.39, 0.29) is 5.91 Å². The molecule has 1 aliphatic heterocycles. The highest BCUT2D eigenvalue weighted by molar-refractivity contribution is 7.99. The lowest BCUT2D eigenvalue weighted by molar-refractivity contribution is -0.118. The molecule has 0 N–H and O–H groups in total. The van der Waals surface area contributed by atoms with E-state index in [1.54, 1.807) is 34.9 Å². The van der Waals surface area contributed by atoms with Crippen LogP contribution < -0.4 is 4.90 Å². The fourth-order valence-corrected chi connectivity index (χ4v) is 6.31. The Bertz CT molecular complexity index is 1050. The Morgan fingerprint density at radius 3 is 2.76 bits per heavy atom. The van der Waals surface area contributed by atoms with Gasteiger partial charge in [-0.1, -0.05) is 29.0 Å². The molecular formula is C24H28ClN3O2S3. The van der Waals surface area contributed by atoms with Crippen LogP contribution >= 0.6 is 46.5 Å². The van der Waals surface area contributed by atoms with Gasteiger partial charge in [0, 0.05) is 47.4 Å². The molecule has 1 aliphatic rings. The van der Waals surface area contributed by atoms with Crippen molar-refractivity contribution in [1.29, 1.82) is 0 Å². The second-order valence-electron chi connectivity index (χ2n) is 7.71. The zero-order chi connectivity index (χ0) is 23.0. The lowest BCUT2D eigenvalue weighted by Gasteiger charge is -2.29. The summed E-state index contributed by atoms with van der Waals surface area (Å²) in [6.07, 6.45) is 3.39. The number of nitrogens with zero attached hydrogens (tertiary/aromatic N) is 3. The van der Waals surface area contributed by atoms with Gasteiger partial charge in [0.15, 0.2) is 5.13 Å². The normalized spacial score (nSPS) is 14.6. The number of thioether (sulfide) groups is 2. The molecule has 5 nitrogen and oxygen atoms in total. The first kappa shape index (κ1) is 24.8. The van der Waals surface area contributed by atoms with Crippen LogP contribution in [0.15, 0.2) is 52.3 Å². The topological polar surface area (TPSA) is 45.7 Å². The zero-order valence-electron chi connectivity index (χ0n) is 18.7. The Balaban J connectivity index is 1.42. The van der Waals surface area contributed by atoms with Crippen molar-refractivity contribution in [3.05, 3.63) is 47.5 Å². The summed E-state index contributed by atoms with van der Waals surface area (Å²) in [6.45, 7) is 4.83. The maximum atomic E-state index is 13.3. The van der Waals surface area contributed by atoms with Gasteiger partial charge in [0.1, 0.15) is 0 Å². The van der Waals surface area contributed by atoms with Gasteiger partial charge in [0.05, 0.1) is 23.4 Å². The third-order valence-corrected chi connectivity index (χ3v) is 8.65. The summed E-state index contributed by atoms with van der Waals surface area (Å²) in [4.78, 5) is 24.8. The molecule has 0 radical (unpaired) electrons. The van der Waals surface area contributed by atoms with Crippen LogP contribution in [0.2, 0.25) is 5.02 Å². The maximum absolute atomic E-state index is 13.3. The Morgan fingerprint density at radius 1 is 1.21 bits per heavy atom. The average molecular weight is 522 g/mol. The van der Waals surface area contributed by atoms with Crippen molar-refractivity contribution in [2.75, 3.05) is 56.3 Å². The van der Waals surface area contributed by atoms with Crippen molar-refractivity contribution < 1.29 is 9.53 Å². The van der Waals surface area contributed by atoms with Crippen LogP contribution in [-0.4, -0.2) is 67.2 Å². The highest BCUT2D eigenvalue weighted by atomic mass is 35.5. The van der Waals surface area contributed by atoms with Gasteiger partial charge in [-0.25, -0.2) is 4.98 Å². The van der Waals surface area contributed by atoms with Crippen LogP contribution in [0.4, 0.5) is 5.13 Å². The van der Waals surface area contributed by atoms with Gasteiger partial charge in [-0.3, -0.25) is 14.6 Å². The summed E-state index contributed by atoms with van der Waals surface area (Å²) >= 11 is 11.0. The molecular weight excluding hydrogens is 494 g/mol. The second-order valence-corrected chi connectivity index (χ2v) is 11.2. The number of rotatable bonds is 10. The summed E-state index contributed by atoms with van der Waals surface area (Å²) in [5.74, 6) is 1.03. The fourth-order valence-electron chi connectivity index (χ4n) is 3.66. The smallest absolute Gasteiger partial charge is 0.228 e. The molecule has 1 saturated heterocycles. The van der Waals surface area contributed by atoms with Crippen LogP contribution in [0.1, 0.15) is 12.8 Å². The number of fused-ring (bicyclic) bond motifs is 1. The summed E-state index contributed by atoms with van der Waals surface area (Å²) in [6, 6.07) is 14.1. The van der Waals surface area contributed by atoms with Crippen molar-refractivity contribution in [2.24, 2.45) is 0 Å². The van der Waals surface area contributed by atoms with E-state index in [9.17, 15) is 4.79 Å². The van der Waals surface area contributed by atoms with Gasteiger partial charge in [-0.05, 0) is 54.8 Å². The van der Waals surface area contributed by atoms with Crippen molar-refractivity contribution in [3.63, 3.8) is 0 Å². The molecule has 2 heterocycles. The van der Waals surface area contributed by atoms with Crippen molar-refractivity contribution >= 4 is 67.7 Å². The summed E-state index contributed by atoms with van der Waals surface area (Å²) in [5, 5.41) is 1.54. The fraction of sp³-hybridized carbons (Fsp3) is 0.417. The molecule has 0 bridgehead atoms. The number of amides is 1. The summed E-state index contributed by atoms with van der Waals surface area (Å²) < 4.78 is 6.59. The second kappa shape index (κ2) is 12.4. The van der Waals surface area contributed by atoms with Gasteiger partial charge in [0.2, 0.25) is 5.91 Å². The number of ether oxygens (including phenoxy) is 1. The Labute approximate surface area is 212 Å². The molecule has 0 unspecified atom stereocenters. The predicted octanol–water partition coefficient (Wildman–Crippen LogP) is 5.91. The first-order chi connectivity index (χ1) is 16.1. The number of anilines is 1. The van der Waals surface area contributed by atoms with Crippen LogP contribution in [0.25, 0.3) is 10.2 Å². The number of hydrogen-bond donors (Lipinski definition) is 0. The predicted molar refractivity (Wildman–Crippen MR) is 142 cm³/mol. The number of carbonyl (C=O) groups is 1. The van der Waals surface area contributed by atoms with Gasteiger partial charge < -0.3 is 4.74 Å². The maximum Gasteiger partial charge on any atom is 0.228 e. The van der Waals surface area contributed by atoms with E-state index >= 15 is 0 Å².